The molecule has 0 aromatic carbocycles. The fourth-order valence-electron chi connectivity index (χ4n) is 2.88. The topological polar surface area (TPSA) is 154 Å². The molecule has 7 N–H and O–H groups in total. The van der Waals surface area contributed by atoms with Gasteiger partial charge in [-0.1, -0.05) is 6.42 Å². The third-order valence-corrected chi connectivity index (χ3v) is 4.02. The number of piperidine rings is 1. The third kappa shape index (κ3) is 3.30. The molecule has 0 amide bonds. The molecule has 0 aliphatic carbocycles. The number of likely N-dealkylation sites (tertiary alicyclic amines) is 1. The molecule has 0 bridgehead atoms. The predicted molar refractivity (Wildman–Crippen MR) is 81.9 cm³/mol. The number of hydrogen-bond donors (Lipinski definition) is 5. The minimum absolute atomic E-state index is 0.131. The van der Waals surface area contributed by atoms with Crippen molar-refractivity contribution in [2.45, 2.75) is 38.3 Å². The highest BCUT2D eigenvalue weighted by Gasteiger charge is 2.27. The Morgan fingerprint density at radius 1 is 1.41 bits per heavy atom. The number of hydrogen-bond acceptors (Lipinski definition) is 5. The molecule has 0 saturated carbocycles. The van der Waals surface area contributed by atoms with Gasteiger partial charge >= 0.3 is 11.7 Å². The van der Waals surface area contributed by atoms with Crippen LogP contribution in [0.25, 0.3) is 0 Å². The average molecular weight is 310 g/mol. The number of carbonyl (C=O) groups is 1. The van der Waals surface area contributed by atoms with Crippen LogP contribution < -0.4 is 17.2 Å². The number of aromatic nitrogens is 2. The lowest BCUT2D eigenvalue weighted by molar-refractivity contribution is -0.144. The van der Waals surface area contributed by atoms with Crippen LogP contribution in [-0.2, 0) is 11.3 Å². The van der Waals surface area contributed by atoms with E-state index in [1.54, 1.807) is 0 Å². The Hall–Kier alpha value is -2.29. The molecule has 9 nitrogen and oxygen atoms in total. The van der Waals surface area contributed by atoms with Crippen LogP contribution in [0.3, 0.4) is 0 Å². The van der Waals surface area contributed by atoms with Crippen molar-refractivity contribution in [3.8, 4) is 0 Å². The fraction of sp³-hybridized carbons (Fsp3) is 0.615. The molecule has 1 aliphatic rings. The summed E-state index contributed by atoms with van der Waals surface area (Å²) >= 11 is 0. The van der Waals surface area contributed by atoms with E-state index in [2.05, 4.69) is 4.98 Å². The van der Waals surface area contributed by atoms with Gasteiger partial charge in [-0.15, -0.1) is 0 Å². The lowest BCUT2D eigenvalue weighted by Gasteiger charge is -2.32. The number of amidine groups is 1. The van der Waals surface area contributed by atoms with E-state index in [-0.39, 0.29) is 17.3 Å². The van der Waals surface area contributed by atoms with Crippen LogP contribution in [0, 0.1) is 5.41 Å². The van der Waals surface area contributed by atoms with Gasteiger partial charge in [-0.05, 0) is 25.8 Å². The zero-order valence-electron chi connectivity index (χ0n) is 12.3. The van der Waals surface area contributed by atoms with Gasteiger partial charge in [0.15, 0.2) is 0 Å². The summed E-state index contributed by atoms with van der Waals surface area (Å²) in [6.45, 7) is 1.70. The monoisotopic (exact) mass is 310 g/mol. The summed E-state index contributed by atoms with van der Waals surface area (Å²) in [5.74, 6) is -0.932. The number of H-pyrrole nitrogens is 1. The molecule has 1 unspecified atom stereocenters. The molecule has 0 spiro atoms. The van der Waals surface area contributed by atoms with Crippen molar-refractivity contribution in [3.63, 3.8) is 0 Å². The number of carboxylic acids is 1. The molecule has 22 heavy (non-hydrogen) atoms. The zero-order valence-corrected chi connectivity index (χ0v) is 12.3. The van der Waals surface area contributed by atoms with E-state index in [0.717, 1.165) is 19.4 Å². The van der Waals surface area contributed by atoms with E-state index in [0.29, 0.717) is 25.9 Å². The Kier molecular flexibility index (Phi) is 4.86. The first-order valence-electron chi connectivity index (χ1n) is 7.31. The van der Waals surface area contributed by atoms with Gasteiger partial charge in [0.25, 0.3) is 0 Å². The largest absolute Gasteiger partial charge is 0.480 e. The minimum Gasteiger partial charge on any atom is -0.480 e. The number of anilines is 1. The van der Waals surface area contributed by atoms with E-state index in [1.165, 1.54) is 4.57 Å². The molecule has 1 aliphatic heterocycles. The van der Waals surface area contributed by atoms with E-state index in [9.17, 15) is 14.7 Å². The first kappa shape index (κ1) is 16.1. The number of aliphatic carboxylic acids is 1. The van der Waals surface area contributed by atoms with E-state index >= 15 is 0 Å². The number of rotatable bonds is 6. The highest BCUT2D eigenvalue weighted by Crippen LogP contribution is 2.17. The van der Waals surface area contributed by atoms with Crippen molar-refractivity contribution in [2.75, 3.05) is 18.8 Å². The third-order valence-electron chi connectivity index (χ3n) is 4.02. The van der Waals surface area contributed by atoms with Gasteiger partial charge in [-0.25, -0.2) is 4.79 Å². The second-order valence-electron chi connectivity index (χ2n) is 5.50. The van der Waals surface area contributed by atoms with Crippen LogP contribution >= 0.6 is 0 Å². The molecular weight excluding hydrogens is 288 g/mol. The molecule has 2 heterocycles. The van der Waals surface area contributed by atoms with E-state index in [1.807, 2.05) is 4.90 Å². The molecule has 1 fully saturated rings. The first-order chi connectivity index (χ1) is 10.4. The van der Waals surface area contributed by atoms with Crippen LogP contribution in [0.2, 0.25) is 0 Å². The summed E-state index contributed by atoms with van der Waals surface area (Å²) in [6.07, 6.45) is 3.18. The first-order valence-corrected chi connectivity index (χ1v) is 7.31. The molecule has 2 rings (SSSR count). The Labute approximate surface area is 127 Å². The Bertz CT molecular complexity index is 620. The molecule has 1 aromatic heterocycles. The number of imidazole rings is 1. The van der Waals surface area contributed by atoms with Crippen molar-refractivity contribution in [3.05, 3.63) is 16.2 Å². The molecular formula is C13H22N6O3. The zero-order chi connectivity index (χ0) is 16.3. The average Bonchev–Trinajstić information content (AvgIpc) is 2.75. The summed E-state index contributed by atoms with van der Waals surface area (Å²) in [6, 6.07) is -0.443. The molecule has 1 aromatic rings. The smallest absolute Gasteiger partial charge is 0.327 e. The molecule has 122 valence electrons. The summed E-state index contributed by atoms with van der Waals surface area (Å²) in [5.41, 5.74) is 10.9. The number of nitrogens with zero attached hydrogens (tertiary/aromatic N) is 2. The molecule has 0 radical (unpaired) electrons. The van der Waals surface area contributed by atoms with Gasteiger partial charge in [0.2, 0.25) is 0 Å². The Morgan fingerprint density at radius 3 is 2.73 bits per heavy atom. The lowest BCUT2D eigenvalue weighted by Crippen LogP contribution is -2.45. The van der Waals surface area contributed by atoms with E-state index in [4.69, 9.17) is 16.9 Å². The van der Waals surface area contributed by atoms with Crippen LogP contribution in [0.1, 0.15) is 31.4 Å². The number of aromatic amines is 1. The maximum atomic E-state index is 11.8. The SMILES string of the molecule is N=C(N)c1[nH]c(=O)n(CCCN2CCCCC2C(=O)O)c1N. The van der Waals surface area contributed by atoms with Gasteiger partial charge in [0.05, 0.1) is 0 Å². The Morgan fingerprint density at radius 2 is 2.14 bits per heavy atom. The second kappa shape index (κ2) is 6.65. The minimum atomic E-state index is -0.795. The van der Waals surface area contributed by atoms with Crippen molar-refractivity contribution in [1.29, 1.82) is 5.41 Å². The number of nitrogen functional groups attached to an aromatic ring is 2. The molecule has 1 saturated heterocycles. The van der Waals surface area contributed by atoms with Crippen molar-refractivity contribution < 1.29 is 9.90 Å². The normalized spacial score (nSPS) is 19.2. The fourth-order valence-corrected chi connectivity index (χ4v) is 2.88. The van der Waals surface area contributed by atoms with Gasteiger partial charge in [-0.3, -0.25) is 19.7 Å². The van der Waals surface area contributed by atoms with E-state index < -0.39 is 17.7 Å². The summed E-state index contributed by atoms with van der Waals surface area (Å²) in [4.78, 5) is 27.4. The highest BCUT2D eigenvalue weighted by atomic mass is 16.4. The van der Waals surface area contributed by atoms with Crippen molar-refractivity contribution >= 4 is 17.6 Å². The van der Waals surface area contributed by atoms with Crippen LogP contribution in [0.4, 0.5) is 5.82 Å². The lowest BCUT2D eigenvalue weighted by atomic mass is 10.0. The quantitative estimate of drug-likeness (QED) is 0.348. The molecule has 9 heteroatoms. The van der Waals surface area contributed by atoms with Crippen molar-refractivity contribution in [1.82, 2.24) is 14.5 Å². The second-order valence-corrected chi connectivity index (χ2v) is 5.50. The summed E-state index contributed by atoms with van der Waals surface area (Å²) in [5, 5.41) is 16.6. The molecule has 1 atom stereocenters. The standard InChI is InChI=1S/C13H22N6O3/c14-10(15)9-11(16)19(13(22)17-9)7-3-6-18-5-2-1-4-8(18)12(20)21/h8H,1-7,16H2,(H3,14,15)(H,17,22)(H,20,21). The van der Waals surface area contributed by atoms with Crippen LogP contribution in [0.15, 0.2) is 4.79 Å². The summed E-state index contributed by atoms with van der Waals surface area (Å²) < 4.78 is 1.33. The predicted octanol–water partition coefficient (Wildman–Crippen LogP) is -0.628. The van der Waals surface area contributed by atoms with Crippen molar-refractivity contribution in [2.24, 2.45) is 5.73 Å². The number of nitrogens with two attached hydrogens (primary N) is 2. The number of carboxylic acid groups (broad SMARTS) is 1. The van der Waals surface area contributed by atoms with Gasteiger partial charge in [0, 0.05) is 13.1 Å². The highest BCUT2D eigenvalue weighted by molar-refractivity contribution is 5.97. The summed E-state index contributed by atoms with van der Waals surface area (Å²) in [7, 11) is 0. The van der Waals surface area contributed by atoms with Crippen LogP contribution in [0.5, 0.6) is 0 Å². The van der Waals surface area contributed by atoms with Gasteiger partial charge in [0.1, 0.15) is 23.4 Å². The maximum Gasteiger partial charge on any atom is 0.327 e. The number of nitrogens with one attached hydrogen (secondary N) is 2. The van der Waals surface area contributed by atoms with Crippen LogP contribution in [-0.4, -0.2) is 50.5 Å². The Balaban J connectivity index is 1.97. The van der Waals surface area contributed by atoms with Gasteiger partial charge < -0.3 is 21.6 Å². The maximum absolute atomic E-state index is 11.8. The van der Waals surface area contributed by atoms with Gasteiger partial charge in [-0.2, -0.15) is 0 Å².